The number of nitrogens with zero attached hydrogens (tertiary/aromatic N) is 3. The molecule has 2 heterocycles. The predicted octanol–water partition coefficient (Wildman–Crippen LogP) is 4.08. The monoisotopic (exact) mass is 347 g/mol. The van der Waals surface area contributed by atoms with Gasteiger partial charge in [-0.15, -0.1) is 0 Å². The van der Waals surface area contributed by atoms with Crippen LogP contribution in [0.2, 0.25) is 5.02 Å². The summed E-state index contributed by atoms with van der Waals surface area (Å²) in [5, 5.41) is 1.62. The molecule has 0 aliphatic carbocycles. The van der Waals surface area contributed by atoms with E-state index in [1.54, 1.807) is 4.90 Å². The van der Waals surface area contributed by atoms with Gasteiger partial charge in [0, 0.05) is 36.1 Å². The van der Waals surface area contributed by atoms with E-state index in [4.69, 9.17) is 16.3 Å². The Morgan fingerprint density at radius 1 is 1.42 bits per heavy atom. The van der Waals surface area contributed by atoms with Gasteiger partial charge in [-0.2, -0.15) is 0 Å². The molecule has 1 aliphatic heterocycles. The molecule has 0 radical (unpaired) electrons. The van der Waals surface area contributed by atoms with E-state index in [-0.39, 0.29) is 6.09 Å². The highest BCUT2D eigenvalue weighted by atomic mass is 35.5. The van der Waals surface area contributed by atoms with Crippen LogP contribution in [0.3, 0.4) is 0 Å². The third kappa shape index (κ3) is 4.15. The fraction of sp³-hybridized carbons (Fsp3) is 0.500. The van der Waals surface area contributed by atoms with Crippen LogP contribution >= 0.6 is 11.6 Å². The van der Waals surface area contributed by atoms with Crippen LogP contribution in [0.4, 0.5) is 4.79 Å². The van der Waals surface area contributed by atoms with Crippen molar-refractivity contribution in [2.75, 3.05) is 13.1 Å². The zero-order chi connectivity index (χ0) is 17.3. The maximum Gasteiger partial charge on any atom is 0.410 e. The van der Waals surface area contributed by atoms with Crippen LogP contribution in [0, 0.1) is 5.92 Å². The van der Waals surface area contributed by atoms with E-state index in [0.717, 1.165) is 36.1 Å². The van der Waals surface area contributed by atoms with Gasteiger partial charge in [0.2, 0.25) is 0 Å². The lowest BCUT2D eigenvalue weighted by molar-refractivity contribution is 0.0288. The molecule has 0 unspecified atom stereocenters. The van der Waals surface area contributed by atoms with Gasteiger partial charge < -0.3 is 9.64 Å². The minimum absolute atomic E-state index is 0.237. The summed E-state index contributed by atoms with van der Waals surface area (Å²) in [6.45, 7) is 7.06. The molecule has 1 aromatic heterocycles. The summed E-state index contributed by atoms with van der Waals surface area (Å²) in [5.74, 6) is 1.17. The zero-order valence-electron chi connectivity index (χ0n) is 14.3. The highest BCUT2D eigenvalue weighted by Gasteiger charge is 2.30. The molecule has 1 aromatic carbocycles. The number of rotatable bonds is 2. The lowest BCUT2D eigenvalue weighted by atomic mass is 10.0. The lowest BCUT2D eigenvalue weighted by Crippen LogP contribution is -2.35. The lowest BCUT2D eigenvalue weighted by Gasteiger charge is -2.24. The number of ether oxygens (including phenoxy) is 1. The average Bonchev–Trinajstić information content (AvgIpc) is 2.94. The van der Waals surface area contributed by atoms with Crippen LogP contribution in [-0.2, 0) is 11.2 Å². The number of carbonyl (C=O) groups excluding carboxylic acids is 1. The van der Waals surface area contributed by atoms with Gasteiger partial charge in [0.05, 0.1) is 5.52 Å². The molecule has 2 aromatic rings. The highest BCUT2D eigenvalue weighted by Crippen LogP contribution is 2.23. The van der Waals surface area contributed by atoms with Crippen molar-refractivity contribution >= 4 is 28.6 Å². The fourth-order valence-corrected chi connectivity index (χ4v) is 3.07. The summed E-state index contributed by atoms with van der Waals surface area (Å²) in [4.78, 5) is 22.9. The van der Waals surface area contributed by atoms with Gasteiger partial charge in [-0.05, 0) is 51.3 Å². The molecule has 0 spiro atoms. The van der Waals surface area contributed by atoms with Gasteiger partial charge in [-0.3, -0.25) is 0 Å². The first-order valence-electron chi connectivity index (χ1n) is 8.19. The number of halogens is 1. The summed E-state index contributed by atoms with van der Waals surface area (Å²) in [6.07, 6.45) is 3.28. The van der Waals surface area contributed by atoms with Crippen molar-refractivity contribution in [1.82, 2.24) is 14.9 Å². The number of hydrogen-bond acceptors (Lipinski definition) is 4. The van der Waals surface area contributed by atoms with Crippen LogP contribution in [0.1, 0.15) is 33.0 Å². The van der Waals surface area contributed by atoms with Crippen LogP contribution in [-0.4, -0.2) is 39.7 Å². The maximum atomic E-state index is 12.1. The summed E-state index contributed by atoms with van der Waals surface area (Å²) < 4.78 is 5.43. The second-order valence-corrected chi connectivity index (χ2v) is 7.71. The molecule has 1 amide bonds. The standard InChI is InChI=1S/C18H22ClN3O2/c1-18(2,3)24-17(23)22-7-6-12(11-22)8-16-20-10-13-9-14(19)4-5-15(13)21-16/h4-5,9-10,12H,6-8,11H2,1-3H3/t12-/m0/s1. The molecule has 1 saturated heterocycles. The van der Waals surface area contributed by atoms with E-state index < -0.39 is 5.60 Å². The van der Waals surface area contributed by atoms with Crippen LogP contribution < -0.4 is 0 Å². The highest BCUT2D eigenvalue weighted by molar-refractivity contribution is 6.31. The zero-order valence-corrected chi connectivity index (χ0v) is 15.0. The molecule has 128 valence electrons. The molecule has 0 N–H and O–H groups in total. The van der Waals surface area contributed by atoms with Gasteiger partial charge in [0.15, 0.2) is 0 Å². The van der Waals surface area contributed by atoms with E-state index >= 15 is 0 Å². The molecule has 1 fully saturated rings. The molecule has 24 heavy (non-hydrogen) atoms. The van der Waals surface area contributed by atoms with Gasteiger partial charge in [-0.1, -0.05) is 11.6 Å². The number of amides is 1. The van der Waals surface area contributed by atoms with E-state index in [1.807, 2.05) is 45.2 Å². The van der Waals surface area contributed by atoms with Crippen LogP contribution in [0.5, 0.6) is 0 Å². The number of aromatic nitrogens is 2. The summed E-state index contributed by atoms with van der Waals surface area (Å²) in [7, 11) is 0. The number of benzene rings is 1. The van der Waals surface area contributed by atoms with Crippen molar-refractivity contribution < 1.29 is 9.53 Å². The average molecular weight is 348 g/mol. The maximum absolute atomic E-state index is 12.1. The number of carbonyl (C=O) groups is 1. The number of likely N-dealkylation sites (tertiary alicyclic amines) is 1. The third-order valence-corrected chi connectivity index (χ3v) is 4.24. The van der Waals surface area contributed by atoms with Gasteiger partial charge >= 0.3 is 6.09 Å². The molecule has 0 saturated carbocycles. The van der Waals surface area contributed by atoms with Crippen molar-refractivity contribution in [3.8, 4) is 0 Å². The largest absolute Gasteiger partial charge is 0.444 e. The first-order valence-corrected chi connectivity index (χ1v) is 8.57. The van der Waals surface area contributed by atoms with Crippen LogP contribution in [0.15, 0.2) is 24.4 Å². The minimum atomic E-state index is -0.460. The Kier molecular flexibility index (Phi) is 4.63. The smallest absolute Gasteiger partial charge is 0.410 e. The molecule has 1 aliphatic rings. The first kappa shape index (κ1) is 17.0. The Morgan fingerprint density at radius 2 is 2.21 bits per heavy atom. The summed E-state index contributed by atoms with van der Waals surface area (Å²) >= 11 is 5.98. The van der Waals surface area contributed by atoms with Gasteiger partial charge in [0.25, 0.3) is 0 Å². The van der Waals surface area contributed by atoms with Crippen LogP contribution in [0.25, 0.3) is 10.9 Å². The Morgan fingerprint density at radius 3 is 2.96 bits per heavy atom. The molecule has 1 atom stereocenters. The molecule has 0 bridgehead atoms. The summed E-state index contributed by atoms with van der Waals surface area (Å²) in [6, 6.07) is 5.60. The van der Waals surface area contributed by atoms with Crippen molar-refractivity contribution in [3.05, 3.63) is 35.2 Å². The van der Waals surface area contributed by atoms with Gasteiger partial charge in [0.1, 0.15) is 11.4 Å². The van der Waals surface area contributed by atoms with Crippen molar-refractivity contribution in [2.24, 2.45) is 5.92 Å². The Balaban J connectivity index is 1.63. The summed E-state index contributed by atoms with van der Waals surface area (Å²) in [5.41, 5.74) is 0.434. The van der Waals surface area contributed by atoms with Crippen molar-refractivity contribution in [3.63, 3.8) is 0 Å². The normalized spacial score (nSPS) is 18.2. The number of fused-ring (bicyclic) bond motifs is 1. The SMILES string of the molecule is CC(C)(C)OC(=O)N1CC[C@@H](Cc2ncc3cc(Cl)ccc3n2)C1. The Hall–Kier alpha value is -1.88. The van der Waals surface area contributed by atoms with E-state index in [1.165, 1.54) is 0 Å². The molecule has 6 heteroatoms. The Bertz CT molecular complexity index is 758. The van der Waals surface area contributed by atoms with E-state index in [9.17, 15) is 4.79 Å². The topological polar surface area (TPSA) is 55.3 Å². The van der Waals surface area contributed by atoms with Gasteiger partial charge in [-0.25, -0.2) is 14.8 Å². The molecule has 3 rings (SSSR count). The second kappa shape index (κ2) is 6.55. The predicted molar refractivity (Wildman–Crippen MR) is 94.2 cm³/mol. The van der Waals surface area contributed by atoms with E-state index in [0.29, 0.717) is 17.5 Å². The number of hydrogen-bond donors (Lipinski definition) is 0. The minimum Gasteiger partial charge on any atom is -0.444 e. The second-order valence-electron chi connectivity index (χ2n) is 7.27. The van der Waals surface area contributed by atoms with Crippen molar-refractivity contribution in [1.29, 1.82) is 0 Å². The first-order chi connectivity index (χ1) is 11.3. The third-order valence-electron chi connectivity index (χ3n) is 4.00. The van der Waals surface area contributed by atoms with Crippen molar-refractivity contribution in [2.45, 2.75) is 39.2 Å². The van der Waals surface area contributed by atoms with E-state index in [2.05, 4.69) is 9.97 Å². The fourth-order valence-electron chi connectivity index (χ4n) is 2.89. The molecular weight excluding hydrogens is 326 g/mol. The quantitative estimate of drug-likeness (QED) is 0.821. The molecule has 5 nitrogen and oxygen atoms in total. The Labute approximate surface area is 147 Å². The molecular formula is C18H22ClN3O2.